The standard InChI is InChI=1S/C27H25ClN4O7/c1-17(33)23-16-22(32(37)38)12-13-24(23)39-26(27(34)29-20-8-10-21(11-9-20)31(35)36)25(30-14-2-3-15-30)18-4-6-19(28)7-5-18/h4-13,16-17,33H,2-3,14-15H2,1H3,(H,29,34). The van der Waals surface area contributed by atoms with Crippen molar-refractivity contribution in [2.24, 2.45) is 0 Å². The minimum absolute atomic E-state index is 0.0649. The third kappa shape index (κ3) is 6.51. The van der Waals surface area contributed by atoms with Gasteiger partial charge in [0.25, 0.3) is 17.3 Å². The van der Waals surface area contributed by atoms with Crippen LogP contribution in [0, 0.1) is 20.2 Å². The highest BCUT2D eigenvalue weighted by Gasteiger charge is 2.28. The lowest BCUT2D eigenvalue weighted by Gasteiger charge is -2.26. The Morgan fingerprint density at radius 1 is 0.974 bits per heavy atom. The first-order chi connectivity index (χ1) is 18.6. The van der Waals surface area contributed by atoms with Crippen LogP contribution in [0.4, 0.5) is 17.1 Å². The van der Waals surface area contributed by atoms with Crippen molar-refractivity contribution in [2.45, 2.75) is 25.9 Å². The van der Waals surface area contributed by atoms with Crippen LogP contribution < -0.4 is 10.1 Å². The summed E-state index contributed by atoms with van der Waals surface area (Å²) in [5, 5.41) is 36.0. The normalized spacial score (nSPS) is 14.4. The zero-order valence-electron chi connectivity index (χ0n) is 20.9. The Morgan fingerprint density at radius 3 is 2.13 bits per heavy atom. The van der Waals surface area contributed by atoms with E-state index in [2.05, 4.69) is 5.32 Å². The van der Waals surface area contributed by atoms with Gasteiger partial charge in [0.2, 0.25) is 5.76 Å². The minimum atomic E-state index is -1.13. The van der Waals surface area contributed by atoms with Crippen molar-refractivity contribution >= 4 is 40.3 Å². The van der Waals surface area contributed by atoms with Crippen molar-refractivity contribution in [1.82, 2.24) is 4.90 Å². The predicted octanol–water partition coefficient (Wildman–Crippen LogP) is 5.69. The summed E-state index contributed by atoms with van der Waals surface area (Å²) in [5.41, 5.74) is 1.17. The fraction of sp³-hybridized carbons (Fsp3) is 0.222. The molecule has 2 N–H and O–H groups in total. The second-order valence-electron chi connectivity index (χ2n) is 8.89. The Labute approximate surface area is 228 Å². The SMILES string of the molecule is CC(O)c1cc([N+](=O)[O-])ccc1OC(C(=O)Nc1ccc([N+](=O)[O-])cc1)=C(c1ccc(Cl)cc1)N1CCCC1. The van der Waals surface area contributed by atoms with E-state index < -0.39 is 21.9 Å². The maximum Gasteiger partial charge on any atom is 0.293 e. The summed E-state index contributed by atoms with van der Waals surface area (Å²) in [6, 6.07) is 16.0. The molecule has 0 aliphatic carbocycles. The summed E-state index contributed by atoms with van der Waals surface area (Å²) in [5.74, 6) is -0.709. The molecule has 0 saturated carbocycles. The minimum Gasteiger partial charge on any atom is -0.449 e. The Bertz CT molecular complexity index is 1420. The number of nitro groups is 2. The summed E-state index contributed by atoms with van der Waals surface area (Å²) in [6.07, 6.45) is 0.653. The molecule has 1 atom stereocenters. The van der Waals surface area contributed by atoms with E-state index in [0.717, 1.165) is 12.8 Å². The first-order valence-corrected chi connectivity index (χ1v) is 12.5. The second-order valence-corrected chi connectivity index (χ2v) is 9.33. The number of anilines is 1. The van der Waals surface area contributed by atoms with Crippen molar-refractivity contribution < 1.29 is 24.5 Å². The third-order valence-corrected chi connectivity index (χ3v) is 6.42. The first-order valence-electron chi connectivity index (χ1n) is 12.1. The molecule has 39 heavy (non-hydrogen) atoms. The van der Waals surface area contributed by atoms with Gasteiger partial charge in [-0.3, -0.25) is 25.0 Å². The lowest BCUT2D eigenvalue weighted by atomic mass is 10.1. The summed E-state index contributed by atoms with van der Waals surface area (Å²) in [6.45, 7) is 2.74. The molecule has 11 nitrogen and oxygen atoms in total. The topological polar surface area (TPSA) is 148 Å². The quantitative estimate of drug-likeness (QED) is 0.149. The molecule has 1 aliphatic rings. The van der Waals surface area contributed by atoms with E-state index in [4.69, 9.17) is 16.3 Å². The number of carbonyl (C=O) groups excluding carboxylic acids is 1. The first kappa shape index (κ1) is 27.6. The molecule has 1 aliphatic heterocycles. The fourth-order valence-electron chi connectivity index (χ4n) is 4.24. The lowest BCUT2D eigenvalue weighted by Crippen LogP contribution is -2.27. The van der Waals surface area contributed by atoms with Gasteiger partial charge < -0.3 is 20.1 Å². The van der Waals surface area contributed by atoms with Crippen molar-refractivity contribution in [3.63, 3.8) is 0 Å². The molecule has 1 unspecified atom stereocenters. The number of amides is 1. The van der Waals surface area contributed by atoms with Crippen molar-refractivity contribution in [3.05, 3.63) is 109 Å². The van der Waals surface area contributed by atoms with E-state index in [1.807, 2.05) is 4.90 Å². The highest BCUT2D eigenvalue weighted by Crippen LogP contribution is 2.35. The van der Waals surface area contributed by atoms with Gasteiger partial charge in [-0.05, 0) is 50.1 Å². The van der Waals surface area contributed by atoms with Crippen LogP contribution in [-0.2, 0) is 4.79 Å². The number of aliphatic hydroxyl groups is 1. The van der Waals surface area contributed by atoms with Crippen LogP contribution in [-0.4, -0.2) is 38.8 Å². The number of benzene rings is 3. The van der Waals surface area contributed by atoms with Crippen LogP contribution in [0.5, 0.6) is 5.75 Å². The molecule has 3 aromatic rings. The number of hydrogen-bond acceptors (Lipinski definition) is 8. The highest BCUT2D eigenvalue weighted by atomic mass is 35.5. The van der Waals surface area contributed by atoms with Crippen LogP contribution in [0.1, 0.15) is 37.0 Å². The molecule has 0 radical (unpaired) electrons. The third-order valence-electron chi connectivity index (χ3n) is 6.16. The highest BCUT2D eigenvalue weighted by molar-refractivity contribution is 6.30. The molecule has 12 heteroatoms. The Morgan fingerprint density at radius 2 is 1.56 bits per heavy atom. The van der Waals surface area contributed by atoms with E-state index in [9.17, 15) is 30.1 Å². The van der Waals surface area contributed by atoms with Crippen molar-refractivity contribution in [3.8, 4) is 5.75 Å². The number of ether oxygens (including phenoxy) is 1. The summed E-state index contributed by atoms with van der Waals surface area (Å²) < 4.78 is 6.20. The van der Waals surface area contributed by atoms with E-state index >= 15 is 0 Å². The molecule has 1 saturated heterocycles. The number of likely N-dealkylation sites (tertiary alicyclic amines) is 1. The molecular weight excluding hydrogens is 528 g/mol. The van der Waals surface area contributed by atoms with Gasteiger partial charge in [-0.15, -0.1) is 0 Å². The zero-order chi connectivity index (χ0) is 28.1. The van der Waals surface area contributed by atoms with Crippen molar-refractivity contribution in [2.75, 3.05) is 18.4 Å². The summed E-state index contributed by atoms with van der Waals surface area (Å²) in [7, 11) is 0. The molecule has 0 aromatic heterocycles. The zero-order valence-corrected chi connectivity index (χ0v) is 21.6. The largest absolute Gasteiger partial charge is 0.449 e. The van der Waals surface area contributed by atoms with E-state index in [1.165, 1.54) is 49.4 Å². The average molecular weight is 553 g/mol. The van der Waals surface area contributed by atoms with Crippen LogP contribution in [0.25, 0.3) is 5.70 Å². The van der Waals surface area contributed by atoms with Gasteiger partial charge in [-0.25, -0.2) is 0 Å². The van der Waals surface area contributed by atoms with Crippen LogP contribution in [0.3, 0.4) is 0 Å². The van der Waals surface area contributed by atoms with Gasteiger partial charge >= 0.3 is 0 Å². The summed E-state index contributed by atoms with van der Waals surface area (Å²) >= 11 is 6.12. The maximum atomic E-state index is 13.8. The number of aliphatic hydroxyl groups excluding tert-OH is 1. The summed E-state index contributed by atoms with van der Waals surface area (Å²) in [4.78, 5) is 37.0. The average Bonchev–Trinajstić information content (AvgIpc) is 3.44. The molecule has 202 valence electrons. The molecule has 0 bridgehead atoms. The molecule has 4 rings (SSSR count). The number of nitrogens with one attached hydrogen (secondary N) is 1. The number of nitrogens with zero attached hydrogens (tertiary/aromatic N) is 3. The van der Waals surface area contributed by atoms with E-state index in [-0.39, 0.29) is 28.4 Å². The van der Waals surface area contributed by atoms with Gasteiger partial charge in [0, 0.05) is 59.2 Å². The second kappa shape index (κ2) is 11.9. The molecule has 1 fully saturated rings. The van der Waals surface area contributed by atoms with E-state index in [1.54, 1.807) is 24.3 Å². The molecular formula is C27H25ClN4O7. The number of halogens is 1. The Kier molecular flexibility index (Phi) is 8.43. The van der Waals surface area contributed by atoms with Crippen molar-refractivity contribution in [1.29, 1.82) is 0 Å². The molecule has 0 spiro atoms. The fourth-order valence-corrected chi connectivity index (χ4v) is 4.37. The number of nitro benzene ring substituents is 2. The Balaban J connectivity index is 1.85. The van der Waals surface area contributed by atoms with E-state index in [0.29, 0.717) is 35.1 Å². The van der Waals surface area contributed by atoms with Crippen LogP contribution >= 0.6 is 11.6 Å². The van der Waals surface area contributed by atoms with Gasteiger partial charge in [0.05, 0.1) is 21.6 Å². The number of non-ortho nitro benzene ring substituents is 2. The van der Waals surface area contributed by atoms with Gasteiger partial charge in [0.15, 0.2) is 0 Å². The smallest absolute Gasteiger partial charge is 0.293 e. The lowest BCUT2D eigenvalue weighted by molar-refractivity contribution is -0.385. The van der Waals surface area contributed by atoms with Gasteiger partial charge in [-0.1, -0.05) is 23.7 Å². The molecule has 1 heterocycles. The number of rotatable bonds is 9. The molecule has 3 aromatic carbocycles. The Hall–Kier alpha value is -4.48. The predicted molar refractivity (Wildman–Crippen MR) is 145 cm³/mol. The van der Waals surface area contributed by atoms with Gasteiger partial charge in [-0.2, -0.15) is 0 Å². The van der Waals surface area contributed by atoms with Crippen LogP contribution in [0.15, 0.2) is 72.5 Å². The van der Waals surface area contributed by atoms with Crippen LogP contribution in [0.2, 0.25) is 5.02 Å². The maximum absolute atomic E-state index is 13.8. The number of hydrogen-bond donors (Lipinski definition) is 2. The van der Waals surface area contributed by atoms with Gasteiger partial charge in [0.1, 0.15) is 5.75 Å². The number of carbonyl (C=O) groups is 1. The molecule has 1 amide bonds. The monoisotopic (exact) mass is 552 g/mol.